The maximum Gasteiger partial charge on any atom is 0.239 e. The number of carbonyl (C=O) groups is 1. The molecule has 4 atom stereocenters. The van der Waals surface area contributed by atoms with Gasteiger partial charge in [0.25, 0.3) is 0 Å². The lowest BCUT2D eigenvalue weighted by Crippen LogP contribution is -2.45. The van der Waals surface area contributed by atoms with Crippen LogP contribution in [0.25, 0.3) is 0 Å². The highest BCUT2D eigenvalue weighted by atomic mass is 32.2. The first-order valence-corrected chi connectivity index (χ1v) is 14.8. The van der Waals surface area contributed by atoms with Gasteiger partial charge in [-0.1, -0.05) is 98.3 Å². The van der Waals surface area contributed by atoms with E-state index in [0.29, 0.717) is 5.92 Å². The first kappa shape index (κ1) is 25.1. The molecule has 0 unspecified atom stereocenters. The quantitative estimate of drug-likeness (QED) is 0.292. The van der Waals surface area contributed by atoms with Crippen LogP contribution in [0.4, 0.5) is 0 Å². The monoisotopic (exact) mass is 453 g/mol. The summed E-state index contributed by atoms with van der Waals surface area (Å²) in [5.41, 5.74) is -0.179. The molecule has 31 heavy (non-hydrogen) atoms. The number of sulfonamides is 1. The van der Waals surface area contributed by atoms with Crippen LogP contribution in [0.5, 0.6) is 0 Å². The highest BCUT2D eigenvalue weighted by Gasteiger charge is 2.72. The molecule has 4 nitrogen and oxygen atoms in total. The fourth-order valence-electron chi connectivity index (χ4n) is 7.03. The van der Waals surface area contributed by atoms with Gasteiger partial charge in [0.05, 0.1) is 11.8 Å². The van der Waals surface area contributed by atoms with Crippen molar-refractivity contribution in [2.45, 2.75) is 130 Å². The molecule has 3 rings (SSSR count). The molecule has 2 aliphatic carbocycles. The lowest BCUT2D eigenvalue weighted by Gasteiger charge is -2.37. The van der Waals surface area contributed by atoms with Gasteiger partial charge >= 0.3 is 0 Å². The molecule has 1 amide bonds. The molecule has 0 N–H and O–H groups in total. The van der Waals surface area contributed by atoms with Gasteiger partial charge in [-0.25, -0.2) is 12.7 Å². The van der Waals surface area contributed by atoms with Gasteiger partial charge < -0.3 is 0 Å². The smallest absolute Gasteiger partial charge is 0.239 e. The van der Waals surface area contributed by atoms with E-state index < -0.39 is 10.0 Å². The van der Waals surface area contributed by atoms with Crippen molar-refractivity contribution < 1.29 is 13.2 Å². The summed E-state index contributed by atoms with van der Waals surface area (Å²) in [6.45, 7) is 8.68. The lowest BCUT2D eigenvalue weighted by molar-refractivity contribution is -0.133. The highest BCUT2D eigenvalue weighted by Crippen LogP contribution is 2.70. The molecular weight excluding hydrogens is 406 g/mol. The minimum atomic E-state index is -3.48. The Kier molecular flexibility index (Phi) is 8.19. The van der Waals surface area contributed by atoms with Gasteiger partial charge in [-0.15, -0.1) is 0 Å². The standard InChI is InChI=1S/C26H47NO3S/c1-5-6-7-8-9-10-11-12-13-14-15-16-21(2)24(28)27-23-19-22-17-18-26(23,25(22,3)4)20-31(27,29)30/h21-23H,5-20H2,1-4H3/t21-,22-,23-,26-/m1/s1. The molecule has 5 heteroatoms. The number of hydrogen-bond donors (Lipinski definition) is 0. The molecule has 0 radical (unpaired) electrons. The third-order valence-electron chi connectivity index (χ3n) is 9.29. The van der Waals surface area contributed by atoms with Crippen LogP contribution in [0.15, 0.2) is 0 Å². The maximum atomic E-state index is 13.2. The minimum absolute atomic E-state index is 0.0268. The Morgan fingerprint density at radius 3 is 2.06 bits per heavy atom. The molecule has 2 saturated carbocycles. The van der Waals surface area contributed by atoms with Crippen molar-refractivity contribution in [1.82, 2.24) is 4.31 Å². The Hall–Kier alpha value is -0.580. The molecule has 1 spiro atoms. The summed E-state index contributed by atoms with van der Waals surface area (Å²) in [5.74, 6) is 0.429. The Morgan fingerprint density at radius 2 is 1.52 bits per heavy atom. The van der Waals surface area contributed by atoms with Crippen LogP contribution in [0.3, 0.4) is 0 Å². The van der Waals surface area contributed by atoms with E-state index in [-0.39, 0.29) is 34.4 Å². The number of fused-ring (bicyclic) bond motifs is 1. The topological polar surface area (TPSA) is 54.5 Å². The van der Waals surface area contributed by atoms with E-state index in [9.17, 15) is 13.2 Å². The SMILES string of the molecule is CCCCCCCCCCCCC[C@@H](C)C(=O)N1[C@@H]2C[C@H]3CC[C@]2(CS1(=O)=O)C3(C)C. The molecule has 2 bridgehead atoms. The van der Waals surface area contributed by atoms with Gasteiger partial charge in [0, 0.05) is 11.3 Å². The summed E-state index contributed by atoms with van der Waals surface area (Å²) in [7, 11) is -3.48. The van der Waals surface area contributed by atoms with Crippen LogP contribution in [0.2, 0.25) is 0 Å². The number of hydrogen-bond acceptors (Lipinski definition) is 3. The average molecular weight is 454 g/mol. The third kappa shape index (κ3) is 4.87. The van der Waals surface area contributed by atoms with Crippen LogP contribution in [-0.4, -0.2) is 30.4 Å². The van der Waals surface area contributed by atoms with Crippen LogP contribution < -0.4 is 0 Å². The summed E-state index contributed by atoms with van der Waals surface area (Å²) in [5, 5.41) is 0. The van der Waals surface area contributed by atoms with E-state index in [0.717, 1.165) is 38.5 Å². The molecule has 1 aliphatic heterocycles. The van der Waals surface area contributed by atoms with E-state index >= 15 is 0 Å². The number of rotatable bonds is 13. The van der Waals surface area contributed by atoms with E-state index in [1.807, 2.05) is 6.92 Å². The fourth-order valence-corrected chi connectivity index (χ4v) is 9.66. The van der Waals surface area contributed by atoms with Crippen LogP contribution in [-0.2, 0) is 14.8 Å². The van der Waals surface area contributed by atoms with Crippen molar-refractivity contribution in [2.75, 3.05) is 5.75 Å². The Bertz CT molecular complexity index is 716. The van der Waals surface area contributed by atoms with Crippen molar-refractivity contribution in [3.8, 4) is 0 Å². The normalized spacial score (nSPS) is 31.2. The first-order chi connectivity index (χ1) is 14.7. The van der Waals surface area contributed by atoms with E-state index in [1.165, 1.54) is 62.1 Å². The van der Waals surface area contributed by atoms with Crippen molar-refractivity contribution in [3.63, 3.8) is 0 Å². The summed E-state index contributed by atoms with van der Waals surface area (Å²) < 4.78 is 27.5. The van der Waals surface area contributed by atoms with Crippen molar-refractivity contribution in [1.29, 1.82) is 0 Å². The lowest BCUT2D eigenvalue weighted by atomic mass is 9.69. The molecular formula is C26H47NO3S. The number of amides is 1. The maximum absolute atomic E-state index is 13.2. The Balaban J connectivity index is 1.39. The van der Waals surface area contributed by atoms with Gasteiger partial charge in [0.15, 0.2) is 0 Å². The fraction of sp³-hybridized carbons (Fsp3) is 0.962. The van der Waals surface area contributed by atoms with E-state index in [1.54, 1.807) is 0 Å². The van der Waals surface area contributed by atoms with Crippen LogP contribution >= 0.6 is 0 Å². The minimum Gasteiger partial charge on any atom is -0.273 e. The van der Waals surface area contributed by atoms with Crippen molar-refractivity contribution in [2.24, 2.45) is 22.7 Å². The second-order valence-corrected chi connectivity index (χ2v) is 13.3. The van der Waals surface area contributed by atoms with Gasteiger partial charge in [-0.05, 0) is 37.0 Å². The first-order valence-electron chi connectivity index (χ1n) is 13.2. The summed E-state index contributed by atoms with van der Waals surface area (Å²) >= 11 is 0. The van der Waals surface area contributed by atoms with Crippen molar-refractivity contribution >= 4 is 15.9 Å². The zero-order valence-electron chi connectivity index (χ0n) is 20.6. The number of nitrogens with zero attached hydrogens (tertiary/aromatic N) is 1. The molecule has 1 saturated heterocycles. The van der Waals surface area contributed by atoms with Gasteiger partial charge in [0.1, 0.15) is 0 Å². The predicted molar refractivity (Wildman–Crippen MR) is 128 cm³/mol. The van der Waals surface area contributed by atoms with Crippen molar-refractivity contribution in [3.05, 3.63) is 0 Å². The zero-order valence-corrected chi connectivity index (χ0v) is 21.4. The molecule has 0 aromatic carbocycles. The van der Waals surface area contributed by atoms with Gasteiger partial charge in [-0.2, -0.15) is 0 Å². The molecule has 180 valence electrons. The second-order valence-electron chi connectivity index (χ2n) is 11.5. The van der Waals surface area contributed by atoms with Crippen LogP contribution in [0.1, 0.15) is 124 Å². The summed E-state index contributed by atoms with van der Waals surface area (Å²) in [4.78, 5) is 13.2. The number of carbonyl (C=O) groups excluding carboxylic acids is 1. The van der Waals surface area contributed by atoms with E-state index in [4.69, 9.17) is 0 Å². The highest BCUT2D eigenvalue weighted by molar-refractivity contribution is 7.90. The Labute approximate surface area is 192 Å². The molecule has 0 aromatic rings. The Morgan fingerprint density at radius 1 is 0.968 bits per heavy atom. The van der Waals surface area contributed by atoms with Gasteiger partial charge in [-0.3, -0.25) is 4.79 Å². The van der Waals surface area contributed by atoms with Gasteiger partial charge in [0.2, 0.25) is 15.9 Å². The molecule has 3 fully saturated rings. The molecule has 3 aliphatic rings. The summed E-state index contributed by atoms with van der Waals surface area (Å²) in [6.07, 6.45) is 18.0. The summed E-state index contributed by atoms with van der Waals surface area (Å²) in [6, 6.07) is -0.0847. The molecule has 0 aromatic heterocycles. The average Bonchev–Trinajstić information content (AvgIpc) is 3.19. The largest absolute Gasteiger partial charge is 0.273 e. The second kappa shape index (κ2) is 10.1. The number of unbranched alkanes of at least 4 members (excludes halogenated alkanes) is 10. The molecule has 1 heterocycles. The third-order valence-corrected chi connectivity index (χ3v) is 11.2. The van der Waals surface area contributed by atoms with E-state index in [2.05, 4.69) is 20.8 Å². The van der Waals surface area contributed by atoms with Crippen LogP contribution in [0, 0.1) is 22.7 Å². The predicted octanol–water partition coefficient (Wildman–Crippen LogP) is 6.69. The zero-order chi connectivity index (χ0) is 22.7.